The predicted molar refractivity (Wildman–Crippen MR) is 72.9 cm³/mol. The second-order valence-electron chi connectivity index (χ2n) is 4.69. The third-order valence-corrected chi connectivity index (χ3v) is 3.06. The standard InChI is InChI=1S/C15H28O2/c1-4-7-9-10-12-14(11-8-5-2)13-17-15(16)6-3/h6,14H,3-5,7-13H2,1-2H3. The van der Waals surface area contributed by atoms with Gasteiger partial charge in [0.2, 0.25) is 0 Å². The summed E-state index contributed by atoms with van der Waals surface area (Å²) in [5.41, 5.74) is 0. The zero-order valence-electron chi connectivity index (χ0n) is 11.5. The van der Waals surface area contributed by atoms with Crippen molar-refractivity contribution in [2.45, 2.75) is 65.2 Å². The quantitative estimate of drug-likeness (QED) is 0.302. The molecule has 17 heavy (non-hydrogen) atoms. The molecule has 0 heterocycles. The molecule has 2 nitrogen and oxygen atoms in total. The normalized spacial score (nSPS) is 12.1. The predicted octanol–water partition coefficient (Wildman–Crippen LogP) is 4.49. The van der Waals surface area contributed by atoms with Crippen LogP contribution in [0.2, 0.25) is 0 Å². The highest BCUT2D eigenvalue weighted by Gasteiger charge is 2.10. The van der Waals surface area contributed by atoms with Gasteiger partial charge in [-0.15, -0.1) is 0 Å². The van der Waals surface area contributed by atoms with Crippen LogP contribution >= 0.6 is 0 Å². The summed E-state index contributed by atoms with van der Waals surface area (Å²) in [7, 11) is 0. The maximum Gasteiger partial charge on any atom is 0.330 e. The Balaban J connectivity index is 3.78. The lowest BCUT2D eigenvalue weighted by atomic mass is 9.96. The van der Waals surface area contributed by atoms with Crippen LogP contribution in [0.15, 0.2) is 12.7 Å². The van der Waals surface area contributed by atoms with Crippen molar-refractivity contribution in [1.82, 2.24) is 0 Å². The largest absolute Gasteiger partial charge is 0.462 e. The van der Waals surface area contributed by atoms with Crippen molar-refractivity contribution in [3.05, 3.63) is 12.7 Å². The number of ether oxygens (including phenoxy) is 1. The fourth-order valence-electron chi connectivity index (χ4n) is 1.92. The minimum Gasteiger partial charge on any atom is -0.462 e. The van der Waals surface area contributed by atoms with Crippen molar-refractivity contribution >= 4 is 5.97 Å². The second kappa shape index (κ2) is 11.7. The van der Waals surface area contributed by atoms with Gasteiger partial charge in [-0.05, 0) is 18.8 Å². The van der Waals surface area contributed by atoms with E-state index in [-0.39, 0.29) is 5.97 Å². The summed E-state index contributed by atoms with van der Waals surface area (Å²) in [6.07, 6.45) is 11.2. The molecule has 0 N–H and O–H groups in total. The van der Waals surface area contributed by atoms with Gasteiger partial charge in [-0.1, -0.05) is 59.0 Å². The first-order valence-corrected chi connectivity index (χ1v) is 7.03. The Bertz CT molecular complexity index is 199. The fourth-order valence-corrected chi connectivity index (χ4v) is 1.92. The molecule has 0 aromatic carbocycles. The van der Waals surface area contributed by atoms with Gasteiger partial charge < -0.3 is 4.74 Å². The number of hydrogen-bond acceptors (Lipinski definition) is 2. The van der Waals surface area contributed by atoms with Gasteiger partial charge in [0.05, 0.1) is 6.61 Å². The molecule has 100 valence electrons. The molecule has 0 amide bonds. The molecule has 0 saturated heterocycles. The van der Waals surface area contributed by atoms with Crippen LogP contribution in [0.25, 0.3) is 0 Å². The fraction of sp³-hybridized carbons (Fsp3) is 0.800. The van der Waals surface area contributed by atoms with Crippen molar-refractivity contribution in [3.63, 3.8) is 0 Å². The summed E-state index contributed by atoms with van der Waals surface area (Å²) < 4.78 is 5.15. The van der Waals surface area contributed by atoms with Gasteiger partial charge in [0.25, 0.3) is 0 Å². The topological polar surface area (TPSA) is 26.3 Å². The molecule has 0 bridgehead atoms. The number of hydrogen-bond donors (Lipinski definition) is 0. The maximum atomic E-state index is 11.0. The van der Waals surface area contributed by atoms with E-state index in [4.69, 9.17) is 4.74 Å². The van der Waals surface area contributed by atoms with Gasteiger partial charge in [0, 0.05) is 6.08 Å². The molecule has 0 aliphatic carbocycles. The van der Waals surface area contributed by atoms with Crippen LogP contribution in [0.1, 0.15) is 65.2 Å². The van der Waals surface area contributed by atoms with Gasteiger partial charge in [0.15, 0.2) is 0 Å². The minimum atomic E-state index is -0.292. The molecule has 0 fully saturated rings. The Hall–Kier alpha value is -0.790. The van der Waals surface area contributed by atoms with E-state index in [0.717, 1.165) is 0 Å². The van der Waals surface area contributed by atoms with Crippen LogP contribution in [0.5, 0.6) is 0 Å². The Morgan fingerprint density at radius 2 is 1.76 bits per heavy atom. The zero-order valence-corrected chi connectivity index (χ0v) is 11.5. The Morgan fingerprint density at radius 1 is 1.12 bits per heavy atom. The molecule has 0 radical (unpaired) electrons. The molecule has 2 heteroatoms. The molecule has 0 rings (SSSR count). The number of carbonyl (C=O) groups excluding carboxylic acids is 1. The summed E-state index contributed by atoms with van der Waals surface area (Å²) >= 11 is 0. The number of rotatable bonds is 11. The van der Waals surface area contributed by atoms with E-state index in [1.165, 1.54) is 57.4 Å². The van der Waals surface area contributed by atoms with Crippen molar-refractivity contribution < 1.29 is 9.53 Å². The summed E-state index contributed by atoms with van der Waals surface area (Å²) in [6, 6.07) is 0. The SMILES string of the molecule is C=CC(=O)OCC(CCCC)CCCCCC. The summed E-state index contributed by atoms with van der Waals surface area (Å²) in [5.74, 6) is 0.246. The molecule has 0 aromatic heterocycles. The van der Waals surface area contributed by atoms with Crippen molar-refractivity contribution in [1.29, 1.82) is 0 Å². The van der Waals surface area contributed by atoms with Crippen molar-refractivity contribution in [2.24, 2.45) is 5.92 Å². The van der Waals surface area contributed by atoms with Gasteiger partial charge in [-0.25, -0.2) is 4.79 Å². The number of carbonyl (C=O) groups is 1. The van der Waals surface area contributed by atoms with Crippen molar-refractivity contribution in [2.75, 3.05) is 6.61 Å². The minimum absolute atomic E-state index is 0.292. The molecule has 0 aliphatic heterocycles. The van der Waals surface area contributed by atoms with Gasteiger partial charge in [-0.3, -0.25) is 0 Å². The van der Waals surface area contributed by atoms with E-state index in [1.807, 2.05) is 0 Å². The average molecular weight is 240 g/mol. The van der Waals surface area contributed by atoms with Gasteiger partial charge in [-0.2, -0.15) is 0 Å². The first kappa shape index (κ1) is 16.2. The molecule has 0 aromatic rings. The highest BCUT2D eigenvalue weighted by Crippen LogP contribution is 2.17. The molecule has 1 atom stereocenters. The van der Waals surface area contributed by atoms with Crippen molar-refractivity contribution in [3.8, 4) is 0 Å². The molecule has 0 spiro atoms. The van der Waals surface area contributed by atoms with Crippen LogP contribution in [-0.4, -0.2) is 12.6 Å². The summed E-state index contributed by atoms with van der Waals surface area (Å²) in [4.78, 5) is 11.0. The molecule has 0 aliphatic rings. The monoisotopic (exact) mass is 240 g/mol. The van der Waals surface area contributed by atoms with E-state index in [9.17, 15) is 4.79 Å². The lowest BCUT2D eigenvalue weighted by molar-refractivity contribution is -0.139. The third-order valence-electron chi connectivity index (χ3n) is 3.06. The molecule has 1 unspecified atom stereocenters. The number of unbranched alkanes of at least 4 members (excludes halogenated alkanes) is 4. The Morgan fingerprint density at radius 3 is 2.35 bits per heavy atom. The molecular formula is C15H28O2. The van der Waals surface area contributed by atoms with Crippen LogP contribution in [-0.2, 0) is 9.53 Å². The highest BCUT2D eigenvalue weighted by molar-refractivity contribution is 5.81. The smallest absolute Gasteiger partial charge is 0.330 e. The van der Waals surface area contributed by atoms with Crippen LogP contribution < -0.4 is 0 Å². The number of esters is 1. The first-order valence-electron chi connectivity index (χ1n) is 7.03. The summed E-state index contributed by atoms with van der Waals surface area (Å²) in [5, 5.41) is 0. The maximum absolute atomic E-state index is 11.0. The average Bonchev–Trinajstić information content (AvgIpc) is 2.36. The zero-order chi connectivity index (χ0) is 12.9. The lowest BCUT2D eigenvalue weighted by Crippen LogP contribution is -2.13. The highest BCUT2D eigenvalue weighted by atomic mass is 16.5. The van der Waals surface area contributed by atoms with Crippen LogP contribution in [0, 0.1) is 5.92 Å². The van der Waals surface area contributed by atoms with E-state index >= 15 is 0 Å². The van der Waals surface area contributed by atoms with E-state index in [0.29, 0.717) is 12.5 Å². The van der Waals surface area contributed by atoms with Gasteiger partial charge in [0.1, 0.15) is 0 Å². The van der Waals surface area contributed by atoms with Crippen LogP contribution in [0.4, 0.5) is 0 Å². The van der Waals surface area contributed by atoms with Gasteiger partial charge >= 0.3 is 5.97 Å². The summed E-state index contributed by atoms with van der Waals surface area (Å²) in [6.45, 7) is 8.40. The molecular weight excluding hydrogens is 212 g/mol. The third kappa shape index (κ3) is 10.1. The lowest BCUT2D eigenvalue weighted by Gasteiger charge is -2.16. The first-order chi connectivity index (χ1) is 8.24. The van der Waals surface area contributed by atoms with E-state index in [2.05, 4.69) is 20.4 Å². The van der Waals surface area contributed by atoms with E-state index in [1.54, 1.807) is 0 Å². The molecule has 0 saturated carbocycles. The Labute approximate surface area is 106 Å². The van der Waals surface area contributed by atoms with Crippen LogP contribution in [0.3, 0.4) is 0 Å². The Kier molecular flexibility index (Phi) is 11.1. The second-order valence-corrected chi connectivity index (χ2v) is 4.69. The van der Waals surface area contributed by atoms with E-state index < -0.39 is 0 Å².